The van der Waals surface area contributed by atoms with E-state index >= 15 is 0 Å². The number of carbonyl (C=O) groups is 1. The molecule has 0 bridgehead atoms. The Morgan fingerprint density at radius 2 is 1.83 bits per heavy atom. The molecule has 1 amide bonds. The predicted octanol–water partition coefficient (Wildman–Crippen LogP) is 2.00. The Morgan fingerprint density at radius 1 is 1.17 bits per heavy atom. The summed E-state index contributed by atoms with van der Waals surface area (Å²) in [6.07, 6.45) is 6.95. The SMILES string of the molecule is C/C=C/C=C/C(=O)NCc1ccc(CN2CCS(=O)CC2)cc1. The zero-order valence-corrected chi connectivity index (χ0v) is 14.3. The van der Waals surface area contributed by atoms with E-state index in [1.54, 1.807) is 6.08 Å². The standard InChI is InChI=1S/C18H24N2O2S/c1-2-3-4-5-18(21)19-14-16-6-8-17(9-7-16)15-20-10-12-23(22)13-11-20/h2-9H,10-15H2,1H3,(H,19,21)/b3-2+,5-4+. The van der Waals surface area contributed by atoms with Gasteiger partial charge in [-0.25, -0.2) is 0 Å². The van der Waals surface area contributed by atoms with Gasteiger partial charge >= 0.3 is 0 Å². The van der Waals surface area contributed by atoms with E-state index in [1.807, 2.05) is 31.2 Å². The van der Waals surface area contributed by atoms with Crippen LogP contribution in [0.4, 0.5) is 0 Å². The van der Waals surface area contributed by atoms with Crippen LogP contribution in [0.3, 0.4) is 0 Å². The van der Waals surface area contributed by atoms with E-state index in [1.165, 1.54) is 11.6 Å². The largest absolute Gasteiger partial charge is 0.348 e. The summed E-state index contributed by atoms with van der Waals surface area (Å²) < 4.78 is 11.4. The first-order chi connectivity index (χ1) is 11.2. The zero-order valence-electron chi connectivity index (χ0n) is 13.5. The van der Waals surface area contributed by atoms with Gasteiger partial charge in [0.15, 0.2) is 0 Å². The fraction of sp³-hybridized carbons (Fsp3) is 0.389. The third-order valence-electron chi connectivity index (χ3n) is 3.72. The minimum Gasteiger partial charge on any atom is -0.348 e. The van der Waals surface area contributed by atoms with Gasteiger partial charge in [-0.05, 0) is 18.1 Å². The lowest BCUT2D eigenvalue weighted by Crippen LogP contribution is -2.37. The minimum atomic E-state index is -0.625. The molecule has 124 valence electrons. The van der Waals surface area contributed by atoms with E-state index in [4.69, 9.17) is 0 Å². The van der Waals surface area contributed by atoms with Crippen LogP contribution in [0, 0.1) is 0 Å². The predicted molar refractivity (Wildman–Crippen MR) is 95.4 cm³/mol. The van der Waals surface area contributed by atoms with Crippen molar-refractivity contribution in [2.75, 3.05) is 24.6 Å². The second kappa shape index (κ2) is 9.43. The first-order valence-corrected chi connectivity index (χ1v) is 9.38. The zero-order chi connectivity index (χ0) is 16.5. The molecule has 5 heteroatoms. The van der Waals surface area contributed by atoms with E-state index in [-0.39, 0.29) is 5.91 Å². The second-order valence-corrected chi connectivity index (χ2v) is 7.24. The van der Waals surface area contributed by atoms with Gasteiger partial charge in [-0.3, -0.25) is 13.9 Å². The number of nitrogens with one attached hydrogen (secondary N) is 1. The van der Waals surface area contributed by atoms with E-state index in [0.717, 1.165) is 36.7 Å². The Labute approximate surface area is 140 Å². The van der Waals surface area contributed by atoms with Gasteiger partial charge in [0.05, 0.1) is 0 Å². The van der Waals surface area contributed by atoms with Crippen LogP contribution in [-0.2, 0) is 28.7 Å². The van der Waals surface area contributed by atoms with Crippen LogP contribution in [0.1, 0.15) is 18.1 Å². The molecule has 0 unspecified atom stereocenters. The molecule has 2 rings (SSSR count). The highest BCUT2D eigenvalue weighted by Gasteiger charge is 2.14. The quantitative estimate of drug-likeness (QED) is 0.640. The third kappa shape index (κ3) is 6.50. The van der Waals surface area contributed by atoms with Gasteiger partial charge in [0.1, 0.15) is 0 Å². The fourth-order valence-electron chi connectivity index (χ4n) is 2.36. The molecule has 1 aliphatic heterocycles. The van der Waals surface area contributed by atoms with Crippen molar-refractivity contribution >= 4 is 16.7 Å². The highest BCUT2D eigenvalue weighted by molar-refractivity contribution is 7.85. The lowest BCUT2D eigenvalue weighted by molar-refractivity contribution is -0.116. The molecule has 0 spiro atoms. The van der Waals surface area contributed by atoms with Crippen LogP contribution < -0.4 is 5.32 Å². The Kier molecular flexibility index (Phi) is 7.23. The van der Waals surface area contributed by atoms with Crippen LogP contribution in [0.2, 0.25) is 0 Å². The Hall–Kier alpha value is -1.72. The first-order valence-electron chi connectivity index (χ1n) is 7.89. The summed E-state index contributed by atoms with van der Waals surface area (Å²) in [5, 5.41) is 2.86. The van der Waals surface area contributed by atoms with Crippen molar-refractivity contribution in [3.63, 3.8) is 0 Å². The Morgan fingerprint density at radius 3 is 2.48 bits per heavy atom. The van der Waals surface area contributed by atoms with Crippen molar-refractivity contribution in [2.45, 2.75) is 20.0 Å². The maximum absolute atomic E-state index is 11.6. The number of rotatable bonds is 6. The van der Waals surface area contributed by atoms with Crippen molar-refractivity contribution in [1.29, 1.82) is 0 Å². The average molecular weight is 332 g/mol. The molecule has 0 atom stereocenters. The van der Waals surface area contributed by atoms with Gasteiger partial charge in [0.25, 0.3) is 0 Å². The van der Waals surface area contributed by atoms with Gasteiger partial charge in [-0.1, -0.05) is 42.5 Å². The van der Waals surface area contributed by atoms with Crippen molar-refractivity contribution in [3.8, 4) is 0 Å². The van der Waals surface area contributed by atoms with Crippen molar-refractivity contribution in [2.24, 2.45) is 0 Å². The molecule has 0 radical (unpaired) electrons. The smallest absolute Gasteiger partial charge is 0.244 e. The normalized spacial score (nSPS) is 17.1. The molecule has 23 heavy (non-hydrogen) atoms. The molecule has 0 saturated carbocycles. The van der Waals surface area contributed by atoms with Crippen LogP contribution in [0.15, 0.2) is 48.6 Å². The maximum atomic E-state index is 11.6. The van der Waals surface area contributed by atoms with Crippen LogP contribution in [0.5, 0.6) is 0 Å². The molecule has 0 aromatic heterocycles. The van der Waals surface area contributed by atoms with E-state index < -0.39 is 10.8 Å². The molecule has 1 aromatic carbocycles. The molecular weight excluding hydrogens is 308 g/mol. The monoisotopic (exact) mass is 332 g/mol. The molecule has 1 heterocycles. The molecule has 4 nitrogen and oxygen atoms in total. The number of benzene rings is 1. The summed E-state index contributed by atoms with van der Waals surface area (Å²) in [5.41, 5.74) is 2.34. The summed E-state index contributed by atoms with van der Waals surface area (Å²) in [5.74, 6) is 1.48. The summed E-state index contributed by atoms with van der Waals surface area (Å²) in [7, 11) is -0.625. The van der Waals surface area contributed by atoms with Crippen molar-refractivity contribution in [1.82, 2.24) is 10.2 Å². The number of hydrogen-bond acceptors (Lipinski definition) is 3. The molecular formula is C18H24N2O2S. The van der Waals surface area contributed by atoms with Crippen molar-refractivity contribution < 1.29 is 9.00 Å². The van der Waals surface area contributed by atoms with E-state index in [2.05, 4.69) is 22.3 Å². The highest BCUT2D eigenvalue weighted by Crippen LogP contribution is 2.10. The third-order valence-corrected chi connectivity index (χ3v) is 4.99. The first kappa shape index (κ1) is 17.6. The Balaban J connectivity index is 1.78. The summed E-state index contributed by atoms with van der Waals surface area (Å²) >= 11 is 0. The summed E-state index contributed by atoms with van der Waals surface area (Å²) in [4.78, 5) is 13.9. The molecule has 1 aromatic rings. The topological polar surface area (TPSA) is 49.4 Å². The van der Waals surface area contributed by atoms with Crippen LogP contribution in [0.25, 0.3) is 0 Å². The number of nitrogens with zero attached hydrogens (tertiary/aromatic N) is 1. The molecule has 1 fully saturated rings. The molecule has 1 aliphatic rings. The average Bonchev–Trinajstić information content (AvgIpc) is 2.57. The number of allylic oxidation sites excluding steroid dienone is 3. The number of amides is 1. The van der Waals surface area contributed by atoms with Crippen molar-refractivity contribution in [3.05, 3.63) is 59.7 Å². The molecule has 1 N–H and O–H groups in total. The fourth-order valence-corrected chi connectivity index (χ4v) is 3.48. The minimum absolute atomic E-state index is 0.0894. The highest BCUT2D eigenvalue weighted by atomic mass is 32.2. The van der Waals surface area contributed by atoms with Gasteiger partial charge in [-0.15, -0.1) is 0 Å². The van der Waals surface area contributed by atoms with E-state index in [0.29, 0.717) is 6.54 Å². The summed E-state index contributed by atoms with van der Waals surface area (Å²) in [6, 6.07) is 8.30. The Bertz CT molecular complexity index is 584. The lowest BCUT2D eigenvalue weighted by Gasteiger charge is -2.26. The van der Waals surface area contributed by atoms with Crippen LogP contribution >= 0.6 is 0 Å². The summed E-state index contributed by atoms with van der Waals surface area (Å²) in [6.45, 7) is 5.15. The second-order valence-electron chi connectivity index (χ2n) is 5.54. The van der Waals surface area contributed by atoms with Crippen LogP contribution in [-0.4, -0.2) is 39.6 Å². The van der Waals surface area contributed by atoms with Gasteiger partial charge in [0.2, 0.25) is 5.91 Å². The van der Waals surface area contributed by atoms with E-state index in [9.17, 15) is 9.00 Å². The number of hydrogen-bond donors (Lipinski definition) is 1. The van der Waals surface area contributed by atoms with Gasteiger partial charge < -0.3 is 5.32 Å². The maximum Gasteiger partial charge on any atom is 0.244 e. The van der Waals surface area contributed by atoms with Gasteiger partial charge in [-0.2, -0.15) is 0 Å². The molecule has 1 saturated heterocycles. The molecule has 0 aliphatic carbocycles. The van der Waals surface area contributed by atoms with Gasteiger partial charge in [0, 0.05) is 54.6 Å². The number of carbonyl (C=O) groups excluding carboxylic acids is 1. The lowest BCUT2D eigenvalue weighted by atomic mass is 10.1.